The van der Waals surface area contributed by atoms with Crippen molar-refractivity contribution in [2.45, 2.75) is 71.6 Å². The number of esters is 4. The van der Waals surface area contributed by atoms with Crippen LogP contribution in [-0.2, 0) is 75.9 Å². The van der Waals surface area contributed by atoms with E-state index in [4.69, 9.17) is 38.9 Å². The molecular formula is C38H40N4O9Zn. The number of fused-ring (bicyclic) bond motifs is 8. The second-order valence-electron chi connectivity index (χ2n) is 12.9. The number of aryl methyl sites for hydroxylation is 3. The number of methoxy groups -OCH3 is 4. The summed E-state index contributed by atoms with van der Waals surface area (Å²) in [7, 11) is 5.16. The van der Waals surface area contributed by atoms with Crippen LogP contribution < -0.4 is 9.97 Å². The Morgan fingerprint density at radius 1 is 0.615 bits per heavy atom. The number of ether oxygens (including phenoxy) is 4. The standard InChI is InChI=1S/C38H41N4O9.Zn/c1-19-20(2)26-16-31-37(47)38(3,4)32(42-31)18-30-24(14-36(46)51-8)22(10-12-34(44)49-6)28(41-30)17-27-21(9-11-33(43)48-5)23(13-35(45)50-7)29(40-27)15-25(19)39-26;/h15-18H,9-14H2,1-8H3,(H-,39,40,41,42,47);/q-1;+2/p-1. The third-order valence-electron chi connectivity index (χ3n) is 9.51. The molecule has 5 rings (SSSR count). The fourth-order valence-electron chi connectivity index (χ4n) is 6.22. The minimum atomic E-state index is -1.03. The van der Waals surface area contributed by atoms with Crippen LogP contribution in [0.4, 0.5) is 0 Å². The molecule has 0 aliphatic carbocycles. The zero-order valence-electron chi connectivity index (χ0n) is 30.7. The van der Waals surface area contributed by atoms with E-state index in [2.05, 4.69) is 0 Å². The number of Topliss-reactive ketones (excluding diaryl/α,β-unsaturated/α-hetero) is 1. The average Bonchev–Trinajstić information content (AvgIpc) is 3.75. The van der Waals surface area contributed by atoms with Crippen LogP contribution in [0, 0.1) is 13.8 Å². The van der Waals surface area contributed by atoms with E-state index >= 15 is 0 Å². The van der Waals surface area contributed by atoms with Gasteiger partial charge >= 0.3 is 43.4 Å². The molecule has 14 heteroatoms. The first-order chi connectivity index (χ1) is 24.2. The Balaban J connectivity index is 0.00000605. The third kappa shape index (κ3) is 7.91. The molecule has 0 unspecified atom stereocenters. The Hall–Kier alpha value is -4.97. The van der Waals surface area contributed by atoms with Gasteiger partial charge in [-0.1, -0.05) is 34.9 Å². The first-order valence-corrected chi connectivity index (χ1v) is 16.4. The molecule has 268 valence electrons. The van der Waals surface area contributed by atoms with E-state index in [1.807, 2.05) is 13.8 Å². The van der Waals surface area contributed by atoms with Gasteiger partial charge < -0.3 is 28.9 Å². The van der Waals surface area contributed by atoms with E-state index in [1.54, 1.807) is 38.1 Å². The molecule has 52 heavy (non-hydrogen) atoms. The Kier molecular flexibility index (Phi) is 12.4. The first-order valence-electron chi connectivity index (χ1n) is 16.4. The number of nitrogens with zero attached hydrogens (tertiary/aromatic N) is 4. The fraction of sp³-hybridized carbons (Fsp3) is 0.395. The number of aromatic nitrogens is 4. The van der Waals surface area contributed by atoms with Gasteiger partial charge in [-0.25, -0.2) is 9.97 Å². The minimum absolute atomic E-state index is 0. The summed E-state index contributed by atoms with van der Waals surface area (Å²) in [6.45, 7) is 7.36. The molecule has 0 spiro atoms. The average molecular weight is 762 g/mol. The minimum Gasteiger partial charge on any atom is -0.657 e. The molecule has 0 fully saturated rings. The van der Waals surface area contributed by atoms with Crippen LogP contribution in [-0.4, -0.2) is 68.1 Å². The molecule has 2 aliphatic heterocycles. The monoisotopic (exact) mass is 760 g/mol. The number of ketones is 1. The zero-order chi connectivity index (χ0) is 37.2. The van der Waals surface area contributed by atoms with Crippen LogP contribution in [0.2, 0.25) is 0 Å². The summed E-state index contributed by atoms with van der Waals surface area (Å²) in [4.78, 5) is 83.6. The molecule has 0 atom stereocenters. The fourth-order valence-corrected chi connectivity index (χ4v) is 6.22. The van der Waals surface area contributed by atoms with Crippen molar-refractivity contribution in [1.82, 2.24) is 19.9 Å². The van der Waals surface area contributed by atoms with E-state index in [1.165, 1.54) is 28.4 Å². The van der Waals surface area contributed by atoms with E-state index < -0.39 is 29.3 Å². The Morgan fingerprint density at radius 3 is 1.69 bits per heavy atom. The van der Waals surface area contributed by atoms with Crippen molar-refractivity contribution in [2.75, 3.05) is 28.4 Å². The van der Waals surface area contributed by atoms with Crippen molar-refractivity contribution < 1.29 is 62.4 Å². The summed E-state index contributed by atoms with van der Waals surface area (Å²) in [5.74, 6) is -2.18. The maximum absolute atomic E-state index is 13.8. The van der Waals surface area contributed by atoms with Gasteiger partial charge in [0.2, 0.25) is 0 Å². The number of hydrogen-bond acceptors (Lipinski definition) is 11. The predicted molar refractivity (Wildman–Crippen MR) is 187 cm³/mol. The molecule has 0 N–H and O–H groups in total. The number of hydrogen-bond donors (Lipinski definition) is 0. The van der Waals surface area contributed by atoms with Gasteiger partial charge in [0.05, 0.1) is 63.8 Å². The predicted octanol–water partition coefficient (Wildman–Crippen LogP) is 4.60. The second kappa shape index (κ2) is 16.1. The topological polar surface area (TPSA) is 176 Å². The van der Waals surface area contributed by atoms with Gasteiger partial charge in [-0.2, -0.15) is 0 Å². The second-order valence-corrected chi connectivity index (χ2v) is 12.9. The summed E-state index contributed by atoms with van der Waals surface area (Å²) in [5, 5.41) is 0. The van der Waals surface area contributed by atoms with Crippen LogP contribution >= 0.6 is 0 Å². The molecule has 0 saturated heterocycles. The third-order valence-corrected chi connectivity index (χ3v) is 9.51. The Morgan fingerprint density at radius 2 is 1.10 bits per heavy atom. The molecule has 0 aromatic carbocycles. The van der Waals surface area contributed by atoms with E-state index in [-0.39, 0.29) is 69.5 Å². The summed E-state index contributed by atoms with van der Waals surface area (Å²) >= 11 is 0. The Labute approximate surface area is 313 Å². The maximum Gasteiger partial charge on any atom is 2.00 e. The molecule has 0 saturated carbocycles. The first kappa shape index (κ1) is 39.8. The molecular weight excluding hydrogens is 722 g/mol. The SMILES string of the molecule is COC(=O)CCC1=C(CC(=O)OC)c2cc3[n-]c(cc4nc(cc5[n-]c(cc1n2)c(CCC(=O)OC)c5CC(=O)OC)C(C)(C)C4=O)c(C)c3C.[Zn+2]. The largest absolute Gasteiger partial charge is 2.00 e. The van der Waals surface area contributed by atoms with Gasteiger partial charge in [-0.15, -0.1) is 22.1 Å². The van der Waals surface area contributed by atoms with Crippen molar-refractivity contribution in [3.8, 4) is 0 Å². The van der Waals surface area contributed by atoms with Crippen LogP contribution in [0.15, 0.2) is 24.3 Å². The molecule has 8 bridgehead atoms. The summed E-state index contributed by atoms with van der Waals surface area (Å²) < 4.78 is 19.9. The van der Waals surface area contributed by atoms with Gasteiger partial charge in [0.15, 0.2) is 5.78 Å². The van der Waals surface area contributed by atoms with E-state index in [0.717, 1.165) is 11.1 Å². The summed E-state index contributed by atoms with van der Waals surface area (Å²) in [6, 6.07) is 6.82. The van der Waals surface area contributed by atoms with Crippen LogP contribution in [0.5, 0.6) is 0 Å². The maximum atomic E-state index is 13.8. The van der Waals surface area contributed by atoms with Gasteiger partial charge in [0.25, 0.3) is 0 Å². The van der Waals surface area contributed by atoms with Crippen molar-refractivity contribution in [1.29, 1.82) is 0 Å². The van der Waals surface area contributed by atoms with Crippen molar-refractivity contribution in [3.05, 3.63) is 69.3 Å². The molecule has 3 aromatic heterocycles. The number of rotatable bonds is 10. The van der Waals surface area contributed by atoms with Gasteiger partial charge in [-0.3, -0.25) is 24.0 Å². The zero-order valence-corrected chi connectivity index (χ0v) is 33.7. The molecule has 5 heterocycles. The van der Waals surface area contributed by atoms with Crippen LogP contribution in [0.1, 0.15) is 89.4 Å². The van der Waals surface area contributed by atoms with Gasteiger partial charge in [0.1, 0.15) is 5.69 Å². The number of carbonyl (C=O) groups is 5. The van der Waals surface area contributed by atoms with Crippen molar-refractivity contribution in [2.24, 2.45) is 0 Å². The molecule has 0 radical (unpaired) electrons. The normalized spacial score (nSPS) is 13.3. The van der Waals surface area contributed by atoms with Crippen molar-refractivity contribution in [3.63, 3.8) is 0 Å². The van der Waals surface area contributed by atoms with Gasteiger partial charge in [0, 0.05) is 12.8 Å². The van der Waals surface area contributed by atoms with E-state index in [0.29, 0.717) is 61.4 Å². The van der Waals surface area contributed by atoms with Gasteiger partial charge in [-0.05, 0) is 63.3 Å². The summed E-state index contributed by atoms with van der Waals surface area (Å²) in [6.07, 6.45) is -0.0233. The number of allylic oxidation sites excluding steroid dienone is 1. The quantitative estimate of drug-likeness (QED) is 0.159. The number of carbonyl (C=O) groups excluding carboxylic acids is 5. The molecule has 3 aromatic rings. The molecule has 13 nitrogen and oxygen atoms in total. The Bertz CT molecular complexity index is 2160. The van der Waals surface area contributed by atoms with Crippen LogP contribution in [0.25, 0.3) is 33.2 Å². The molecule has 2 aliphatic rings. The van der Waals surface area contributed by atoms with Crippen molar-refractivity contribution >= 4 is 62.9 Å². The molecule has 0 amide bonds. The van der Waals surface area contributed by atoms with E-state index in [9.17, 15) is 24.0 Å². The smallest absolute Gasteiger partial charge is 0.657 e. The summed E-state index contributed by atoms with van der Waals surface area (Å²) in [5.41, 5.74) is 6.23. The van der Waals surface area contributed by atoms with Crippen LogP contribution in [0.3, 0.4) is 0 Å².